The first-order valence-electron chi connectivity index (χ1n) is 6.03. The van der Waals surface area contributed by atoms with Gasteiger partial charge in [-0.3, -0.25) is 4.79 Å². The lowest BCUT2D eigenvalue weighted by atomic mass is 10.00. The molecule has 3 heteroatoms. The Morgan fingerprint density at radius 3 is 2.27 bits per heavy atom. The number of amides is 1. The predicted octanol–water partition coefficient (Wildman–Crippen LogP) is 1.54. The summed E-state index contributed by atoms with van der Waals surface area (Å²) in [5.41, 5.74) is 0. The molecule has 0 spiro atoms. The van der Waals surface area contributed by atoms with Crippen LogP contribution in [-0.4, -0.2) is 24.5 Å². The second-order valence-corrected chi connectivity index (χ2v) is 5.21. The largest absolute Gasteiger partial charge is 0.353 e. The van der Waals surface area contributed by atoms with Crippen LogP contribution >= 0.6 is 0 Å². The molecule has 0 aromatic carbocycles. The highest BCUT2D eigenvalue weighted by molar-refractivity contribution is 5.78. The van der Waals surface area contributed by atoms with E-state index in [0.717, 1.165) is 5.92 Å². The third kappa shape index (κ3) is 4.65. The average Bonchev–Trinajstić information content (AvgIpc) is 2.86. The Labute approximate surface area is 93.0 Å². The smallest absolute Gasteiger partial charge is 0.234 e. The van der Waals surface area contributed by atoms with Gasteiger partial charge in [-0.25, -0.2) is 0 Å². The van der Waals surface area contributed by atoms with Crippen molar-refractivity contribution in [2.75, 3.05) is 6.54 Å². The van der Waals surface area contributed by atoms with Gasteiger partial charge >= 0.3 is 0 Å². The van der Waals surface area contributed by atoms with Gasteiger partial charge in [0, 0.05) is 12.1 Å². The summed E-state index contributed by atoms with van der Waals surface area (Å²) >= 11 is 0. The molecule has 3 nitrogen and oxygen atoms in total. The van der Waals surface area contributed by atoms with E-state index in [-0.39, 0.29) is 11.9 Å². The van der Waals surface area contributed by atoms with Crippen LogP contribution in [0.25, 0.3) is 0 Å². The minimum absolute atomic E-state index is 0.108. The third-order valence-electron chi connectivity index (χ3n) is 2.80. The summed E-state index contributed by atoms with van der Waals surface area (Å²) in [6.07, 6.45) is 2.64. The zero-order valence-electron chi connectivity index (χ0n) is 10.3. The van der Waals surface area contributed by atoms with Gasteiger partial charge in [0.15, 0.2) is 0 Å². The number of carbonyl (C=O) groups is 1. The summed E-state index contributed by atoms with van der Waals surface area (Å²) in [5.74, 6) is 1.53. The summed E-state index contributed by atoms with van der Waals surface area (Å²) in [6.45, 7) is 8.86. The highest BCUT2D eigenvalue weighted by Crippen LogP contribution is 2.35. The van der Waals surface area contributed by atoms with E-state index < -0.39 is 0 Å². The normalized spacial score (nSPS) is 18.3. The van der Waals surface area contributed by atoms with Crippen LogP contribution in [0.5, 0.6) is 0 Å². The standard InChI is InChI=1S/C12H24N2O/c1-8(2)12(10-5-6-10)13-7-11(15)14-9(3)4/h8-10,12-13H,5-7H2,1-4H3,(H,14,15). The van der Waals surface area contributed by atoms with Gasteiger partial charge in [0.2, 0.25) is 5.91 Å². The Balaban J connectivity index is 2.24. The zero-order valence-corrected chi connectivity index (χ0v) is 10.3. The molecule has 0 bridgehead atoms. The van der Waals surface area contributed by atoms with Crippen LogP contribution in [0.1, 0.15) is 40.5 Å². The van der Waals surface area contributed by atoms with Crippen molar-refractivity contribution < 1.29 is 4.79 Å². The molecule has 0 aliphatic heterocycles. The van der Waals surface area contributed by atoms with Gasteiger partial charge < -0.3 is 10.6 Å². The van der Waals surface area contributed by atoms with Gasteiger partial charge in [0.1, 0.15) is 0 Å². The minimum Gasteiger partial charge on any atom is -0.353 e. The van der Waals surface area contributed by atoms with Crippen LogP contribution in [0, 0.1) is 11.8 Å². The Bertz CT molecular complexity index is 208. The molecular weight excluding hydrogens is 188 g/mol. The average molecular weight is 212 g/mol. The van der Waals surface area contributed by atoms with Crippen molar-refractivity contribution in [3.05, 3.63) is 0 Å². The fourth-order valence-corrected chi connectivity index (χ4v) is 1.99. The van der Waals surface area contributed by atoms with E-state index in [1.54, 1.807) is 0 Å². The van der Waals surface area contributed by atoms with E-state index in [4.69, 9.17) is 0 Å². The molecule has 1 aliphatic rings. The predicted molar refractivity (Wildman–Crippen MR) is 62.6 cm³/mol. The lowest BCUT2D eigenvalue weighted by molar-refractivity contribution is -0.120. The molecule has 15 heavy (non-hydrogen) atoms. The molecule has 1 aliphatic carbocycles. The number of hydrogen-bond donors (Lipinski definition) is 2. The highest BCUT2D eigenvalue weighted by Gasteiger charge is 2.32. The van der Waals surface area contributed by atoms with Gasteiger partial charge in [-0.15, -0.1) is 0 Å². The topological polar surface area (TPSA) is 41.1 Å². The molecule has 0 aromatic rings. The van der Waals surface area contributed by atoms with Gasteiger partial charge in [0.05, 0.1) is 6.54 Å². The summed E-state index contributed by atoms with van der Waals surface area (Å²) in [4.78, 5) is 11.4. The van der Waals surface area contributed by atoms with Crippen molar-refractivity contribution in [2.45, 2.75) is 52.6 Å². The Morgan fingerprint density at radius 1 is 1.27 bits per heavy atom. The van der Waals surface area contributed by atoms with Crippen LogP contribution in [-0.2, 0) is 4.79 Å². The fourth-order valence-electron chi connectivity index (χ4n) is 1.99. The number of nitrogens with one attached hydrogen (secondary N) is 2. The molecule has 1 fully saturated rings. The molecule has 1 rings (SSSR count). The molecule has 2 N–H and O–H groups in total. The Hall–Kier alpha value is -0.570. The fraction of sp³-hybridized carbons (Fsp3) is 0.917. The summed E-state index contributed by atoms with van der Waals surface area (Å²) in [6, 6.07) is 0.751. The molecule has 1 amide bonds. The molecule has 88 valence electrons. The highest BCUT2D eigenvalue weighted by atomic mass is 16.1. The molecular formula is C12H24N2O. The van der Waals surface area contributed by atoms with E-state index in [9.17, 15) is 4.79 Å². The number of rotatable bonds is 6. The second-order valence-electron chi connectivity index (χ2n) is 5.21. The lowest BCUT2D eigenvalue weighted by Crippen LogP contribution is -2.44. The van der Waals surface area contributed by atoms with Crippen molar-refractivity contribution in [1.29, 1.82) is 0 Å². The van der Waals surface area contributed by atoms with Crippen molar-refractivity contribution in [2.24, 2.45) is 11.8 Å². The first-order chi connectivity index (χ1) is 7.00. The number of hydrogen-bond acceptors (Lipinski definition) is 2. The van der Waals surface area contributed by atoms with Crippen molar-refractivity contribution in [3.63, 3.8) is 0 Å². The van der Waals surface area contributed by atoms with Crippen LogP contribution in [0.2, 0.25) is 0 Å². The maximum atomic E-state index is 11.4. The Kier molecular flexibility index (Phi) is 4.58. The molecule has 0 heterocycles. The zero-order chi connectivity index (χ0) is 11.4. The second kappa shape index (κ2) is 5.50. The van der Waals surface area contributed by atoms with Crippen molar-refractivity contribution in [1.82, 2.24) is 10.6 Å². The quantitative estimate of drug-likeness (QED) is 0.701. The monoisotopic (exact) mass is 212 g/mol. The Morgan fingerprint density at radius 2 is 1.87 bits per heavy atom. The maximum Gasteiger partial charge on any atom is 0.234 e. The van der Waals surface area contributed by atoms with E-state index in [1.165, 1.54) is 12.8 Å². The first kappa shape index (κ1) is 12.5. The summed E-state index contributed by atoms with van der Waals surface area (Å²) < 4.78 is 0. The molecule has 1 unspecified atom stereocenters. The van der Waals surface area contributed by atoms with Gasteiger partial charge in [-0.2, -0.15) is 0 Å². The lowest BCUT2D eigenvalue weighted by Gasteiger charge is -2.22. The van der Waals surface area contributed by atoms with E-state index in [0.29, 0.717) is 18.5 Å². The van der Waals surface area contributed by atoms with Crippen molar-refractivity contribution in [3.8, 4) is 0 Å². The number of carbonyl (C=O) groups excluding carboxylic acids is 1. The van der Waals surface area contributed by atoms with E-state index in [1.807, 2.05) is 13.8 Å². The van der Waals surface area contributed by atoms with Crippen molar-refractivity contribution >= 4 is 5.91 Å². The van der Waals surface area contributed by atoms with Gasteiger partial charge in [0.25, 0.3) is 0 Å². The van der Waals surface area contributed by atoms with Crippen LogP contribution < -0.4 is 10.6 Å². The van der Waals surface area contributed by atoms with E-state index >= 15 is 0 Å². The summed E-state index contributed by atoms with van der Waals surface area (Å²) in [7, 11) is 0. The molecule has 0 saturated heterocycles. The van der Waals surface area contributed by atoms with Crippen LogP contribution in [0.4, 0.5) is 0 Å². The third-order valence-corrected chi connectivity index (χ3v) is 2.80. The molecule has 0 aromatic heterocycles. The van der Waals surface area contributed by atoms with Gasteiger partial charge in [-0.1, -0.05) is 13.8 Å². The molecule has 0 radical (unpaired) electrons. The SMILES string of the molecule is CC(C)NC(=O)CNC(C(C)C)C1CC1. The minimum atomic E-state index is 0.108. The summed E-state index contributed by atoms with van der Waals surface area (Å²) in [5, 5.41) is 6.27. The van der Waals surface area contributed by atoms with Crippen LogP contribution in [0.15, 0.2) is 0 Å². The maximum absolute atomic E-state index is 11.4. The van der Waals surface area contributed by atoms with Gasteiger partial charge in [-0.05, 0) is 38.5 Å². The van der Waals surface area contributed by atoms with E-state index in [2.05, 4.69) is 24.5 Å². The van der Waals surface area contributed by atoms with Crippen LogP contribution in [0.3, 0.4) is 0 Å². The molecule has 1 saturated carbocycles. The molecule has 1 atom stereocenters. The first-order valence-corrected chi connectivity index (χ1v) is 6.03.